The van der Waals surface area contributed by atoms with Gasteiger partial charge >= 0.3 is 0 Å². The van der Waals surface area contributed by atoms with Crippen molar-refractivity contribution in [3.8, 4) is 5.75 Å². The lowest BCUT2D eigenvalue weighted by Crippen LogP contribution is -2.37. The second-order valence-corrected chi connectivity index (χ2v) is 5.09. The van der Waals surface area contributed by atoms with Crippen LogP contribution in [-0.2, 0) is 14.3 Å². The van der Waals surface area contributed by atoms with Crippen LogP contribution >= 0.6 is 11.6 Å². The standard InChI is InChI=1S/C15H21ClN2O4/c1-11(19)18(7-4-8-21-2)10-15(20)17-12-5-6-14(22-3)13(16)9-12/h5-6,9H,4,7-8,10H2,1-3H3,(H,17,20). The Bertz CT molecular complexity index is 522. The van der Waals surface area contributed by atoms with Crippen LogP contribution in [0, 0.1) is 0 Å². The molecule has 0 radical (unpaired) electrons. The molecule has 0 saturated carbocycles. The van der Waals surface area contributed by atoms with Gasteiger partial charge in [0, 0.05) is 32.9 Å². The molecule has 1 aromatic carbocycles. The predicted molar refractivity (Wildman–Crippen MR) is 85.4 cm³/mol. The SMILES string of the molecule is COCCCN(CC(=O)Nc1ccc(OC)c(Cl)c1)C(C)=O. The molecule has 0 aromatic heterocycles. The molecule has 0 aliphatic heterocycles. The van der Waals surface area contributed by atoms with E-state index >= 15 is 0 Å². The minimum Gasteiger partial charge on any atom is -0.495 e. The molecule has 7 heteroatoms. The van der Waals surface area contributed by atoms with Crippen LogP contribution in [0.5, 0.6) is 5.75 Å². The summed E-state index contributed by atoms with van der Waals surface area (Å²) in [5.41, 5.74) is 0.552. The average Bonchev–Trinajstić information content (AvgIpc) is 2.46. The summed E-state index contributed by atoms with van der Waals surface area (Å²) in [6, 6.07) is 4.95. The largest absolute Gasteiger partial charge is 0.495 e. The Morgan fingerprint density at radius 3 is 2.59 bits per heavy atom. The van der Waals surface area contributed by atoms with Crippen molar-refractivity contribution in [2.24, 2.45) is 0 Å². The van der Waals surface area contributed by atoms with Gasteiger partial charge in [0.05, 0.1) is 18.7 Å². The van der Waals surface area contributed by atoms with Gasteiger partial charge in [0.25, 0.3) is 0 Å². The van der Waals surface area contributed by atoms with Crippen molar-refractivity contribution >= 4 is 29.1 Å². The van der Waals surface area contributed by atoms with Gasteiger partial charge in [-0.3, -0.25) is 9.59 Å². The highest BCUT2D eigenvalue weighted by atomic mass is 35.5. The Balaban J connectivity index is 2.59. The van der Waals surface area contributed by atoms with Crippen LogP contribution in [0.4, 0.5) is 5.69 Å². The van der Waals surface area contributed by atoms with E-state index in [2.05, 4.69) is 5.32 Å². The Morgan fingerprint density at radius 2 is 2.05 bits per heavy atom. The normalized spacial score (nSPS) is 10.2. The molecule has 0 aliphatic carbocycles. The van der Waals surface area contributed by atoms with Crippen LogP contribution in [0.2, 0.25) is 5.02 Å². The molecule has 0 atom stereocenters. The third kappa shape index (κ3) is 5.91. The zero-order chi connectivity index (χ0) is 16.5. The fourth-order valence-corrected chi connectivity index (χ4v) is 2.12. The van der Waals surface area contributed by atoms with E-state index in [-0.39, 0.29) is 18.4 Å². The molecule has 6 nitrogen and oxygen atoms in total. The molecule has 1 aromatic rings. The lowest BCUT2D eigenvalue weighted by atomic mass is 10.3. The molecule has 1 rings (SSSR count). The topological polar surface area (TPSA) is 67.9 Å². The number of nitrogens with one attached hydrogen (secondary N) is 1. The molecule has 0 fully saturated rings. The number of carbonyl (C=O) groups is 2. The van der Waals surface area contributed by atoms with Crippen LogP contribution in [0.15, 0.2) is 18.2 Å². The summed E-state index contributed by atoms with van der Waals surface area (Å²) in [6.07, 6.45) is 0.678. The van der Waals surface area contributed by atoms with Gasteiger partial charge in [-0.25, -0.2) is 0 Å². The van der Waals surface area contributed by atoms with E-state index < -0.39 is 0 Å². The molecule has 22 heavy (non-hydrogen) atoms. The van der Waals surface area contributed by atoms with Gasteiger partial charge in [0.15, 0.2) is 0 Å². The van der Waals surface area contributed by atoms with Gasteiger partial charge < -0.3 is 19.7 Å². The fourth-order valence-electron chi connectivity index (χ4n) is 1.87. The Kier molecular flexibility index (Phi) is 7.70. The van der Waals surface area contributed by atoms with Crippen molar-refractivity contribution in [3.63, 3.8) is 0 Å². The van der Waals surface area contributed by atoms with Gasteiger partial charge in [-0.05, 0) is 24.6 Å². The van der Waals surface area contributed by atoms with Crippen molar-refractivity contribution < 1.29 is 19.1 Å². The van der Waals surface area contributed by atoms with Crippen LogP contribution in [0.25, 0.3) is 0 Å². The highest BCUT2D eigenvalue weighted by Gasteiger charge is 2.14. The van der Waals surface area contributed by atoms with Crippen molar-refractivity contribution in [1.82, 2.24) is 4.90 Å². The number of anilines is 1. The third-order valence-corrected chi connectivity index (χ3v) is 3.29. The maximum atomic E-state index is 12.0. The summed E-state index contributed by atoms with van der Waals surface area (Å²) in [4.78, 5) is 25.0. The second-order valence-electron chi connectivity index (χ2n) is 4.68. The number of nitrogens with zero attached hydrogens (tertiary/aromatic N) is 1. The number of hydrogen-bond acceptors (Lipinski definition) is 4. The first-order valence-electron chi connectivity index (χ1n) is 6.85. The molecule has 0 saturated heterocycles. The Labute approximate surface area is 135 Å². The summed E-state index contributed by atoms with van der Waals surface area (Å²) < 4.78 is 9.99. The number of methoxy groups -OCH3 is 2. The van der Waals surface area contributed by atoms with Gasteiger partial charge in [-0.1, -0.05) is 11.6 Å². The van der Waals surface area contributed by atoms with Gasteiger partial charge in [0.2, 0.25) is 11.8 Å². The van der Waals surface area contributed by atoms with E-state index in [9.17, 15) is 9.59 Å². The van der Waals surface area contributed by atoms with Crippen molar-refractivity contribution in [1.29, 1.82) is 0 Å². The molecular weight excluding hydrogens is 308 g/mol. The van der Waals surface area contributed by atoms with Gasteiger partial charge in [-0.2, -0.15) is 0 Å². The number of carbonyl (C=O) groups excluding carboxylic acids is 2. The lowest BCUT2D eigenvalue weighted by molar-refractivity contribution is -0.132. The van der Waals surface area contributed by atoms with E-state index in [4.69, 9.17) is 21.1 Å². The van der Waals surface area contributed by atoms with E-state index in [1.807, 2.05) is 0 Å². The minimum absolute atomic E-state index is 0.0112. The van der Waals surface area contributed by atoms with E-state index in [1.165, 1.54) is 18.9 Å². The monoisotopic (exact) mass is 328 g/mol. The number of benzene rings is 1. The summed E-state index contributed by atoms with van der Waals surface area (Å²) >= 11 is 6.00. The van der Waals surface area contributed by atoms with E-state index in [0.29, 0.717) is 36.0 Å². The Hall–Kier alpha value is -1.79. The third-order valence-electron chi connectivity index (χ3n) is 2.99. The van der Waals surface area contributed by atoms with Crippen molar-refractivity contribution in [2.45, 2.75) is 13.3 Å². The van der Waals surface area contributed by atoms with E-state index in [0.717, 1.165) is 0 Å². The minimum atomic E-state index is -0.283. The zero-order valence-corrected chi connectivity index (χ0v) is 13.8. The smallest absolute Gasteiger partial charge is 0.243 e. The first-order valence-corrected chi connectivity index (χ1v) is 7.23. The van der Waals surface area contributed by atoms with Crippen LogP contribution in [-0.4, -0.2) is 50.6 Å². The van der Waals surface area contributed by atoms with Crippen molar-refractivity contribution in [2.75, 3.05) is 39.2 Å². The fraction of sp³-hybridized carbons (Fsp3) is 0.467. The predicted octanol–water partition coefficient (Wildman–Crippen LogP) is 2.17. The number of rotatable bonds is 8. The first-order chi connectivity index (χ1) is 10.5. The molecule has 122 valence electrons. The van der Waals surface area contributed by atoms with E-state index in [1.54, 1.807) is 25.3 Å². The summed E-state index contributed by atoms with van der Waals surface area (Å²) in [5, 5.41) is 3.11. The Morgan fingerprint density at radius 1 is 1.32 bits per heavy atom. The molecular formula is C15H21ClN2O4. The second kappa shape index (κ2) is 9.27. The van der Waals surface area contributed by atoms with Crippen LogP contribution < -0.4 is 10.1 Å². The summed E-state index contributed by atoms with van der Waals surface area (Å²) in [5.74, 6) is 0.0949. The number of halogens is 1. The van der Waals surface area contributed by atoms with Crippen LogP contribution in [0.1, 0.15) is 13.3 Å². The molecule has 0 heterocycles. The van der Waals surface area contributed by atoms with Crippen LogP contribution in [0.3, 0.4) is 0 Å². The highest BCUT2D eigenvalue weighted by molar-refractivity contribution is 6.32. The summed E-state index contributed by atoms with van der Waals surface area (Å²) in [6.45, 7) is 2.44. The zero-order valence-electron chi connectivity index (χ0n) is 13.0. The highest BCUT2D eigenvalue weighted by Crippen LogP contribution is 2.27. The maximum Gasteiger partial charge on any atom is 0.243 e. The summed E-state index contributed by atoms with van der Waals surface area (Å²) in [7, 11) is 3.11. The molecule has 0 aliphatic rings. The number of amides is 2. The molecule has 1 N–H and O–H groups in total. The molecule has 2 amide bonds. The molecule has 0 spiro atoms. The van der Waals surface area contributed by atoms with Gasteiger partial charge in [0.1, 0.15) is 5.75 Å². The lowest BCUT2D eigenvalue weighted by Gasteiger charge is -2.20. The van der Waals surface area contributed by atoms with Crippen molar-refractivity contribution in [3.05, 3.63) is 23.2 Å². The molecule has 0 unspecified atom stereocenters. The number of hydrogen-bond donors (Lipinski definition) is 1. The first kappa shape index (κ1) is 18.3. The quantitative estimate of drug-likeness (QED) is 0.743. The van der Waals surface area contributed by atoms with Gasteiger partial charge in [-0.15, -0.1) is 0 Å². The molecule has 0 bridgehead atoms. The average molecular weight is 329 g/mol. The maximum absolute atomic E-state index is 12.0. The number of ether oxygens (including phenoxy) is 2.